The third kappa shape index (κ3) is 2.67. The molecule has 4 nitrogen and oxygen atoms in total. The first-order valence-corrected chi connectivity index (χ1v) is 5.38. The van der Waals surface area contributed by atoms with Crippen molar-refractivity contribution in [3.63, 3.8) is 0 Å². The van der Waals surface area contributed by atoms with Gasteiger partial charge in [0.05, 0.1) is 17.6 Å². The number of rotatable bonds is 2. The molecule has 0 aliphatic rings. The molecular formula is C11H12N2O2S. The molecule has 0 radical (unpaired) electrons. The SMILES string of the molecule is COc1cccc(C#N)c1SC(=O)N(C)C. The normalized spacial score (nSPS) is 9.38. The van der Waals surface area contributed by atoms with Gasteiger partial charge in [0.15, 0.2) is 0 Å². The van der Waals surface area contributed by atoms with E-state index >= 15 is 0 Å². The number of thioether (sulfide) groups is 1. The van der Waals surface area contributed by atoms with E-state index in [1.165, 1.54) is 12.0 Å². The summed E-state index contributed by atoms with van der Waals surface area (Å²) in [5.41, 5.74) is 0.444. The molecule has 1 aromatic rings. The molecule has 0 atom stereocenters. The summed E-state index contributed by atoms with van der Waals surface area (Å²) >= 11 is 0.994. The molecule has 0 aliphatic heterocycles. The highest BCUT2D eigenvalue weighted by Gasteiger charge is 2.15. The van der Waals surface area contributed by atoms with Gasteiger partial charge in [0.1, 0.15) is 11.8 Å². The van der Waals surface area contributed by atoms with Gasteiger partial charge in [-0.3, -0.25) is 4.79 Å². The second-order valence-electron chi connectivity index (χ2n) is 3.21. The zero-order chi connectivity index (χ0) is 12.1. The summed E-state index contributed by atoms with van der Waals surface area (Å²) in [7, 11) is 4.84. The van der Waals surface area contributed by atoms with Crippen molar-refractivity contribution in [1.82, 2.24) is 4.90 Å². The fourth-order valence-corrected chi connectivity index (χ4v) is 1.88. The highest BCUT2D eigenvalue weighted by atomic mass is 32.2. The first kappa shape index (κ1) is 12.4. The topological polar surface area (TPSA) is 53.3 Å². The van der Waals surface area contributed by atoms with Crippen molar-refractivity contribution < 1.29 is 9.53 Å². The summed E-state index contributed by atoms with van der Waals surface area (Å²) in [6.07, 6.45) is 0. The van der Waals surface area contributed by atoms with Crippen LogP contribution >= 0.6 is 11.8 Å². The predicted molar refractivity (Wildman–Crippen MR) is 62.6 cm³/mol. The zero-order valence-electron chi connectivity index (χ0n) is 9.35. The van der Waals surface area contributed by atoms with Gasteiger partial charge in [0, 0.05) is 14.1 Å². The number of nitrogens with zero attached hydrogens (tertiary/aromatic N) is 2. The van der Waals surface area contributed by atoms with Gasteiger partial charge in [-0.15, -0.1) is 0 Å². The molecule has 0 bridgehead atoms. The van der Waals surface area contributed by atoms with E-state index in [-0.39, 0.29) is 5.24 Å². The van der Waals surface area contributed by atoms with Crippen molar-refractivity contribution in [1.29, 1.82) is 5.26 Å². The maximum atomic E-state index is 11.6. The Kier molecular flexibility index (Phi) is 4.20. The van der Waals surface area contributed by atoms with Gasteiger partial charge in [-0.2, -0.15) is 5.26 Å². The monoisotopic (exact) mass is 236 g/mol. The molecule has 0 saturated heterocycles. The number of amides is 1. The predicted octanol–water partition coefficient (Wildman–Crippen LogP) is 2.34. The first-order valence-electron chi connectivity index (χ1n) is 4.56. The molecular weight excluding hydrogens is 224 g/mol. The fraction of sp³-hybridized carbons (Fsp3) is 0.273. The maximum absolute atomic E-state index is 11.6. The third-order valence-electron chi connectivity index (χ3n) is 1.87. The van der Waals surface area contributed by atoms with Crippen molar-refractivity contribution in [3.05, 3.63) is 23.8 Å². The van der Waals surface area contributed by atoms with E-state index < -0.39 is 0 Å². The van der Waals surface area contributed by atoms with Gasteiger partial charge in [-0.05, 0) is 23.9 Å². The minimum absolute atomic E-state index is 0.138. The fourth-order valence-electron chi connectivity index (χ4n) is 1.05. The average Bonchev–Trinajstić information content (AvgIpc) is 2.29. The van der Waals surface area contributed by atoms with Gasteiger partial charge < -0.3 is 9.64 Å². The molecule has 16 heavy (non-hydrogen) atoms. The number of benzene rings is 1. The maximum Gasteiger partial charge on any atom is 0.286 e. The standard InChI is InChI=1S/C11H12N2O2S/c1-13(2)11(14)16-10-8(7-12)5-4-6-9(10)15-3/h4-6H,1-3H3. The van der Waals surface area contributed by atoms with Crippen molar-refractivity contribution >= 4 is 17.0 Å². The van der Waals surface area contributed by atoms with Crippen LogP contribution in [0.5, 0.6) is 5.75 Å². The van der Waals surface area contributed by atoms with E-state index in [1.54, 1.807) is 32.3 Å². The minimum Gasteiger partial charge on any atom is -0.496 e. The number of hydrogen-bond donors (Lipinski definition) is 0. The average molecular weight is 236 g/mol. The summed E-state index contributed by atoms with van der Waals surface area (Å²) in [5, 5.41) is 8.81. The molecule has 5 heteroatoms. The van der Waals surface area contributed by atoms with E-state index in [0.717, 1.165) is 11.8 Å². The zero-order valence-corrected chi connectivity index (χ0v) is 10.2. The minimum atomic E-state index is -0.138. The number of methoxy groups -OCH3 is 1. The number of hydrogen-bond acceptors (Lipinski definition) is 4. The van der Waals surface area contributed by atoms with Crippen LogP contribution in [0.25, 0.3) is 0 Å². The van der Waals surface area contributed by atoms with Crippen LogP contribution in [0.4, 0.5) is 4.79 Å². The second-order valence-corrected chi connectivity index (χ2v) is 4.17. The first-order chi connectivity index (χ1) is 7.60. The number of nitriles is 1. The van der Waals surface area contributed by atoms with Crippen LogP contribution in [-0.2, 0) is 0 Å². The van der Waals surface area contributed by atoms with E-state index in [9.17, 15) is 4.79 Å². The quantitative estimate of drug-likeness (QED) is 0.739. The Bertz CT molecular complexity index is 438. The number of ether oxygens (including phenoxy) is 1. The van der Waals surface area contributed by atoms with E-state index in [0.29, 0.717) is 16.2 Å². The van der Waals surface area contributed by atoms with Crippen molar-refractivity contribution in [2.24, 2.45) is 0 Å². The highest BCUT2D eigenvalue weighted by molar-refractivity contribution is 8.13. The Morgan fingerprint density at radius 1 is 1.50 bits per heavy atom. The Balaban J connectivity index is 3.10. The largest absolute Gasteiger partial charge is 0.496 e. The lowest BCUT2D eigenvalue weighted by Gasteiger charge is -2.12. The molecule has 0 aromatic heterocycles. The molecule has 0 unspecified atom stereocenters. The summed E-state index contributed by atoms with van der Waals surface area (Å²) < 4.78 is 5.13. The van der Waals surface area contributed by atoms with Crippen LogP contribution in [0.1, 0.15) is 5.56 Å². The van der Waals surface area contributed by atoms with Crippen molar-refractivity contribution in [3.8, 4) is 11.8 Å². The van der Waals surface area contributed by atoms with Gasteiger partial charge in [-0.1, -0.05) is 6.07 Å². The molecule has 0 saturated carbocycles. The molecule has 1 aromatic carbocycles. The Labute approximate surface area is 98.8 Å². The van der Waals surface area contributed by atoms with Crippen LogP contribution in [0.3, 0.4) is 0 Å². The van der Waals surface area contributed by atoms with E-state index in [1.807, 2.05) is 6.07 Å². The smallest absolute Gasteiger partial charge is 0.286 e. The third-order valence-corrected chi connectivity index (χ3v) is 3.04. The van der Waals surface area contributed by atoms with Crippen molar-refractivity contribution in [2.75, 3.05) is 21.2 Å². The van der Waals surface area contributed by atoms with Gasteiger partial charge in [0.25, 0.3) is 5.24 Å². The lowest BCUT2D eigenvalue weighted by molar-refractivity contribution is 0.241. The van der Waals surface area contributed by atoms with Gasteiger partial charge >= 0.3 is 0 Å². The molecule has 1 rings (SSSR count). The Morgan fingerprint density at radius 3 is 2.69 bits per heavy atom. The van der Waals surface area contributed by atoms with Crippen LogP contribution in [0.2, 0.25) is 0 Å². The van der Waals surface area contributed by atoms with E-state index in [4.69, 9.17) is 10.00 Å². The Morgan fingerprint density at radius 2 is 2.19 bits per heavy atom. The van der Waals surface area contributed by atoms with E-state index in [2.05, 4.69) is 0 Å². The highest BCUT2D eigenvalue weighted by Crippen LogP contribution is 2.33. The summed E-state index contributed by atoms with van der Waals surface area (Å²) in [6.45, 7) is 0. The molecule has 0 fully saturated rings. The molecule has 84 valence electrons. The number of carbonyl (C=O) groups is 1. The van der Waals surface area contributed by atoms with Crippen LogP contribution < -0.4 is 4.74 Å². The van der Waals surface area contributed by atoms with Gasteiger partial charge in [0.2, 0.25) is 0 Å². The van der Waals surface area contributed by atoms with Gasteiger partial charge in [-0.25, -0.2) is 0 Å². The summed E-state index contributed by atoms with van der Waals surface area (Å²) in [6, 6.07) is 7.16. The molecule has 0 heterocycles. The summed E-state index contributed by atoms with van der Waals surface area (Å²) in [4.78, 5) is 13.6. The van der Waals surface area contributed by atoms with Crippen LogP contribution in [0, 0.1) is 11.3 Å². The molecule has 0 spiro atoms. The Hall–Kier alpha value is -1.67. The molecule has 0 N–H and O–H groups in total. The lowest BCUT2D eigenvalue weighted by atomic mass is 10.2. The lowest BCUT2D eigenvalue weighted by Crippen LogP contribution is -2.16. The summed E-state index contributed by atoms with van der Waals surface area (Å²) in [5.74, 6) is 0.541. The van der Waals surface area contributed by atoms with Crippen LogP contribution in [0.15, 0.2) is 23.1 Å². The molecule has 1 amide bonds. The van der Waals surface area contributed by atoms with Crippen molar-refractivity contribution in [2.45, 2.75) is 4.90 Å². The second kappa shape index (κ2) is 5.42. The molecule has 0 aliphatic carbocycles. The number of carbonyl (C=O) groups excluding carboxylic acids is 1. The van der Waals surface area contributed by atoms with Crippen LogP contribution in [-0.4, -0.2) is 31.3 Å².